The summed E-state index contributed by atoms with van der Waals surface area (Å²) < 4.78 is 26.7. The van der Waals surface area contributed by atoms with Gasteiger partial charge in [0.25, 0.3) is 10.0 Å². The number of nitriles is 1. The molecule has 0 aliphatic carbocycles. The summed E-state index contributed by atoms with van der Waals surface area (Å²) in [6.07, 6.45) is 1.33. The number of hydrogen-bond acceptors (Lipinski definition) is 5. The zero-order chi connectivity index (χ0) is 15.5. The number of pyridine rings is 1. The van der Waals surface area contributed by atoms with Gasteiger partial charge in [-0.15, -0.1) is 0 Å². The van der Waals surface area contributed by atoms with Crippen molar-refractivity contribution in [2.45, 2.75) is 4.90 Å². The monoisotopic (exact) mass is 302 g/mol. The molecule has 1 aromatic heterocycles. The minimum absolute atomic E-state index is 0.196. The van der Waals surface area contributed by atoms with E-state index in [1.807, 2.05) is 0 Å². The summed E-state index contributed by atoms with van der Waals surface area (Å²) in [7, 11) is -3.94. The fraction of sp³-hybridized carbons (Fsp3) is 0. The first kappa shape index (κ1) is 14.5. The van der Waals surface area contributed by atoms with E-state index < -0.39 is 15.9 Å². The molecule has 0 bridgehead atoms. The Morgan fingerprint density at radius 1 is 1.24 bits per heavy atom. The maximum absolute atomic E-state index is 12.2. The van der Waals surface area contributed by atoms with Crippen LogP contribution in [-0.4, -0.2) is 19.3 Å². The highest BCUT2D eigenvalue weighted by Crippen LogP contribution is 2.18. The van der Waals surface area contributed by atoms with E-state index in [-0.39, 0.29) is 21.8 Å². The van der Waals surface area contributed by atoms with Crippen molar-refractivity contribution in [2.24, 2.45) is 5.73 Å². The number of nitrogens with two attached hydrogens (primary N) is 1. The maximum Gasteiger partial charge on any atom is 0.264 e. The van der Waals surface area contributed by atoms with Gasteiger partial charge in [-0.2, -0.15) is 5.26 Å². The molecule has 0 saturated heterocycles. The van der Waals surface area contributed by atoms with Crippen molar-refractivity contribution in [1.82, 2.24) is 4.98 Å². The van der Waals surface area contributed by atoms with Crippen LogP contribution in [0.25, 0.3) is 0 Å². The van der Waals surface area contributed by atoms with Crippen LogP contribution in [0.5, 0.6) is 0 Å². The minimum atomic E-state index is -3.94. The highest BCUT2D eigenvalue weighted by molar-refractivity contribution is 7.92. The number of carbonyl (C=O) groups excluding carboxylic acids is 1. The van der Waals surface area contributed by atoms with Gasteiger partial charge in [0.2, 0.25) is 5.91 Å². The highest BCUT2D eigenvalue weighted by Gasteiger charge is 2.19. The molecule has 0 unspecified atom stereocenters. The van der Waals surface area contributed by atoms with Crippen LogP contribution in [0.4, 0.5) is 5.69 Å². The Labute approximate surface area is 121 Å². The molecular weight excluding hydrogens is 292 g/mol. The number of primary amides is 1. The minimum Gasteiger partial charge on any atom is -0.366 e. The number of hydrogen-bond donors (Lipinski definition) is 2. The molecule has 2 rings (SSSR count). The van der Waals surface area contributed by atoms with Gasteiger partial charge in [0, 0.05) is 17.4 Å². The van der Waals surface area contributed by atoms with Crippen LogP contribution in [0.15, 0.2) is 47.5 Å². The second-order valence-corrected chi connectivity index (χ2v) is 5.66. The average Bonchev–Trinajstić information content (AvgIpc) is 2.47. The molecule has 0 atom stereocenters. The van der Waals surface area contributed by atoms with Crippen LogP contribution >= 0.6 is 0 Å². The summed E-state index contributed by atoms with van der Waals surface area (Å²) in [6, 6.07) is 10.0. The van der Waals surface area contributed by atoms with Crippen molar-refractivity contribution in [3.05, 3.63) is 53.9 Å². The van der Waals surface area contributed by atoms with E-state index in [1.165, 1.54) is 42.6 Å². The molecular formula is C13H10N4O3S. The quantitative estimate of drug-likeness (QED) is 0.865. The molecule has 0 aliphatic rings. The van der Waals surface area contributed by atoms with E-state index in [9.17, 15) is 13.2 Å². The highest BCUT2D eigenvalue weighted by atomic mass is 32.2. The number of aromatic nitrogens is 1. The van der Waals surface area contributed by atoms with E-state index in [4.69, 9.17) is 11.0 Å². The standard InChI is InChI=1S/C13H10N4O3S/c14-8-11-12(2-1-7-16-11)21(19,20)17-10-5-3-9(4-6-10)13(15)18/h1-7,17H,(H2,15,18). The summed E-state index contributed by atoms with van der Waals surface area (Å²) in [5.74, 6) is -0.608. The van der Waals surface area contributed by atoms with E-state index in [0.717, 1.165) is 0 Å². The van der Waals surface area contributed by atoms with Gasteiger partial charge in [-0.25, -0.2) is 13.4 Å². The third-order valence-electron chi connectivity index (χ3n) is 2.59. The van der Waals surface area contributed by atoms with Crippen molar-refractivity contribution in [3.63, 3.8) is 0 Å². The van der Waals surface area contributed by atoms with E-state index in [2.05, 4.69) is 9.71 Å². The molecule has 1 heterocycles. The Kier molecular flexibility index (Phi) is 3.86. The number of nitrogens with one attached hydrogen (secondary N) is 1. The molecule has 0 aliphatic heterocycles. The molecule has 2 aromatic rings. The van der Waals surface area contributed by atoms with Gasteiger partial charge in [-0.05, 0) is 36.4 Å². The number of nitrogens with zero attached hydrogens (tertiary/aromatic N) is 2. The Balaban J connectivity index is 2.34. The Morgan fingerprint density at radius 3 is 2.48 bits per heavy atom. The van der Waals surface area contributed by atoms with Gasteiger partial charge in [0.1, 0.15) is 11.0 Å². The summed E-state index contributed by atoms with van der Waals surface area (Å²) in [6.45, 7) is 0. The first-order valence-corrected chi connectivity index (χ1v) is 7.20. The summed E-state index contributed by atoms with van der Waals surface area (Å²) in [5.41, 5.74) is 5.41. The molecule has 1 amide bonds. The molecule has 0 saturated carbocycles. The predicted molar refractivity (Wildman–Crippen MR) is 74.7 cm³/mol. The normalized spacial score (nSPS) is 10.6. The van der Waals surface area contributed by atoms with Crippen molar-refractivity contribution in [3.8, 4) is 6.07 Å². The molecule has 21 heavy (non-hydrogen) atoms. The molecule has 0 radical (unpaired) electrons. The number of anilines is 1. The fourth-order valence-corrected chi connectivity index (χ4v) is 2.77. The predicted octanol–water partition coefficient (Wildman–Crippen LogP) is 0.853. The lowest BCUT2D eigenvalue weighted by atomic mass is 10.2. The second-order valence-electron chi connectivity index (χ2n) is 4.01. The van der Waals surface area contributed by atoms with Crippen LogP contribution in [-0.2, 0) is 10.0 Å². The van der Waals surface area contributed by atoms with E-state index in [1.54, 1.807) is 6.07 Å². The Hall–Kier alpha value is -2.92. The Bertz CT molecular complexity index is 823. The van der Waals surface area contributed by atoms with Gasteiger partial charge in [-0.3, -0.25) is 9.52 Å². The first-order valence-electron chi connectivity index (χ1n) is 5.72. The van der Waals surface area contributed by atoms with Crippen molar-refractivity contribution < 1.29 is 13.2 Å². The molecule has 7 nitrogen and oxygen atoms in total. The lowest BCUT2D eigenvalue weighted by molar-refractivity contribution is 0.100. The van der Waals surface area contributed by atoms with Crippen molar-refractivity contribution in [1.29, 1.82) is 5.26 Å². The first-order chi connectivity index (χ1) is 9.94. The smallest absolute Gasteiger partial charge is 0.264 e. The summed E-state index contributed by atoms with van der Waals surface area (Å²) >= 11 is 0. The van der Waals surface area contributed by atoms with Crippen LogP contribution in [0.1, 0.15) is 16.1 Å². The average molecular weight is 302 g/mol. The number of rotatable bonds is 4. The van der Waals surface area contributed by atoms with E-state index in [0.29, 0.717) is 0 Å². The number of sulfonamides is 1. The molecule has 106 valence electrons. The van der Waals surface area contributed by atoms with Gasteiger partial charge in [0.15, 0.2) is 5.69 Å². The summed E-state index contributed by atoms with van der Waals surface area (Å²) in [4.78, 5) is 14.4. The van der Waals surface area contributed by atoms with Crippen LogP contribution in [0, 0.1) is 11.3 Å². The lowest BCUT2D eigenvalue weighted by Crippen LogP contribution is -2.15. The number of benzene rings is 1. The Morgan fingerprint density at radius 2 is 1.90 bits per heavy atom. The molecule has 8 heteroatoms. The molecule has 1 aromatic carbocycles. The fourth-order valence-electron chi connectivity index (χ4n) is 1.60. The molecule has 0 spiro atoms. The summed E-state index contributed by atoms with van der Waals surface area (Å²) in [5, 5.41) is 8.89. The van der Waals surface area contributed by atoms with Crippen LogP contribution in [0.2, 0.25) is 0 Å². The SMILES string of the molecule is N#Cc1ncccc1S(=O)(=O)Nc1ccc(C(N)=O)cc1. The number of amides is 1. The van der Waals surface area contributed by atoms with Gasteiger partial charge in [-0.1, -0.05) is 0 Å². The molecule has 3 N–H and O–H groups in total. The third kappa shape index (κ3) is 3.16. The van der Waals surface area contributed by atoms with Crippen molar-refractivity contribution in [2.75, 3.05) is 4.72 Å². The van der Waals surface area contributed by atoms with Crippen LogP contribution in [0.3, 0.4) is 0 Å². The van der Waals surface area contributed by atoms with Gasteiger partial charge in [0.05, 0.1) is 0 Å². The third-order valence-corrected chi connectivity index (χ3v) is 4.00. The largest absolute Gasteiger partial charge is 0.366 e. The maximum atomic E-state index is 12.2. The second kappa shape index (κ2) is 5.60. The lowest BCUT2D eigenvalue weighted by Gasteiger charge is -2.09. The zero-order valence-corrected chi connectivity index (χ0v) is 11.5. The van der Waals surface area contributed by atoms with Gasteiger partial charge < -0.3 is 5.73 Å². The molecule has 0 fully saturated rings. The van der Waals surface area contributed by atoms with E-state index >= 15 is 0 Å². The number of carbonyl (C=O) groups is 1. The van der Waals surface area contributed by atoms with Crippen LogP contribution < -0.4 is 10.5 Å². The van der Waals surface area contributed by atoms with Gasteiger partial charge >= 0.3 is 0 Å². The van der Waals surface area contributed by atoms with Crippen molar-refractivity contribution >= 4 is 21.6 Å². The topological polar surface area (TPSA) is 126 Å². The zero-order valence-electron chi connectivity index (χ0n) is 10.6.